The summed E-state index contributed by atoms with van der Waals surface area (Å²) in [5.41, 5.74) is 0. The molecular formula is C12H22N4OS. The second kappa shape index (κ2) is 5.95. The van der Waals surface area contributed by atoms with Gasteiger partial charge in [-0.2, -0.15) is 0 Å². The molecule has 0 radical (unpaired) electrons. The maximum absolute atomic E-state index is 5.79. The first-order valence-corrected chi connectivity index (χ1v) is 7.28. The molecular weight excluding hydrogens is 248 g/mol. The molecule has 1 fully saturated rings. The summed E-state index contributed by atoms with van der Waals surface area (Å²) in [6, 6.07) is 0.251. The van der Waals surface area contributed by atoms with Gasteiger partial charge in [-0.05, 0) is 14.0 Å². The Bertz CT molecular complexity index is 382. The Hall–Kier alpha value is -0.720. The average molecular weight is 270 g/mol. The first-order chi connectivity index (χ1) is 8.56. The first-order valence-electron chi connectivity index (χ1n) is 6.46. The van der Waals surface area contributed by atoms with Gasteiger partial charge in [0.2, 0.25) is 5.13 Å². The molecule has 0 bridgehead atoms. The van der Waals surface area contributed by atoms with Crippen LogP contribution in [0, 0.1) is 0 Å². The van der Waals surface area contributed by atoms with Crippen LogP contribution in [0.4, 0.5) is 5.13 Å². The van der Waals surface area contributed by atoms with Crippen molar-refractivity contribution < 1.29 is 4.74 Å². The number of anilines is 1. The van der Waals surface area contributed by atoms with E-state index < -0.39 is 0 Å². The summed E-state index contributed by atoms with van der Waals surface area (Å²) in [7, 11) is 2.13. The Morgan fingerprint density at radius 3 is 2.78 bits per heavy atom. The zero-order chi connectivity index (χ0) is 13.1. The van der Waals surface area contributed by atoms with Crippen molar-refractivity contribution in [3.05, 3.63) is 5.01 Å². The predicted molar refractivity (Wildman–Crippen MR) is 74.3 cm³/mol. The van der Waals surface area contributed by atoms with Gasteiger partial charge >= 0.3 is 0 Å². The molecule has 5 nitrogen and oxygen atoms in total. The first kappa shape index (κ1) is 13.7. The van der Waals surface area contributed by atoms with Crippen molar-refractivity contribution in [2.24, 2.45) is 0 Å². The molecule has 1 aromatic heterocycles. The molecule has 2 atom stereocenters. The van der Waals surface area contributed by atoms with Gasteiger partial charge in [-0.1, -0.05) is 25.2 Å². The molecule has 0 aromatic carbocycles. The van der Waals surface area contributed by atoms with Gasteiger partial charge in [0.1, 0.15) is 5.01 Å². The van der Waals surface area contributed by atoms with Crippen LogP contribution in [0.3, 0.4) is 0 Å². The molecule has 1 aliphatic rings. The highest BCUT2D eigenvalue weighted by atomic mass is 32.1. The van der Waals surface area contributed by atoms with Crippen LogP contribution in [0.15, 0.2) is 0 Å². The van der Waals surface area contributed by atoms with Crippen molar-refractivity contribution in [1.82, 2.24) is 15.1 Å². The minimum absolute atomic E-state index is 0.218. The van der Waals surface area contributed by atoms with Crippen LogP contribution >= 0.6 is 11.3 Å². The molecule has 102 valence electrons. The summed E-state index contributed by atoms with van der Waals surface area (Å²) in [5.74, 6) is 0.436. The molecule has 0 aliphatic carbocycles. The second-order valence-corrected chi connectivity index (χ2v) is 6.21. The van der Waals surface area contributed by atoms with Crippen LogP contribution in [-0.4, -0.2) is 54.0 Å². The molecule has 2 unspecified atom stereocenters. The molecule has 1 aromatic rings. The summed E-state index contributed by atoms with van der Waals surface area (Å²) in [6.45, 7) is 9.18. The smallest absolute Gasteiger partial charge is 0.205 e. The van der Waals surface area contributed by atoms with Gasteiger partial charge in [-0.3, -0.25) is 0 Å². The number of nitrogens with one attached hydrogen (secondary N) is 1. The van der Waals surface area contributed by atoms with Gasteiger partial charge in [-0.25, -0.2) is 0 Å². The fraction of sp³-hybridized carbons (Fsp3) is 0.833. The van der Waals surface area contributed by atoms with E-state index in [1.807, 2.05) is 0 Å². The summed E-state index contributed by atoms with van der Waals surface area (Å²) < 4.78 is 5.79. The molecule has 18 heavy (non-hydrogen) atoms. The number of likely N-dealkylation sites (N-methyl/N-ethyl adjacent to an activating group) is 1. The second-order valence-electron chi connectivity index (χ2n) is 5.20. The summed E-state index contributed by atoms with van der Waals surface area (Å²) in [6.07, 6.45) is 0.218. The third-order valence-corrected chi connectivity index (χ3v) is 4.29. The van der Waals surface area contributed by atoms with Crippen LogP contribution in [0.2, 0.25) is 0 Å². The van der Waals surface area contributed by atoms with Crippen molar-refractivity contribution in [2.45, 2.75) is 38.8 Å². The lowest BCUT2D eigenvalue weighted by Gasteiger charge is -2.33. The molecule has 1 saturated heterocycles. The van der Waals surface area contributed by atoms with Crippen LogP contribution in [0.25, 0.3) is 0 Å². The number of morpholine rings is 1. The topological polar surface area (TPSA) is 50.3 Å². The van der Waals surface area contributed by atoms with E-state index in [2.05, 4.69) is 48.2 Å². The zero-order valence-corrected chi connectivity index (χ0v) is 12.3. The van der Waals surface area contributed by atoms with E-state index >= 15 is 0 Å². The summed E-state index contributed by atoms with van der Waals surface area (Å²) in [4.78, 5) is 2.30. The molecule has 2 rings (SSSR count). The van der Waals surface area contributed by atoms with E-state index in [0.717, 1.165) is 29.8 Å². The largest absolute Gasteiger partial charge is 0.373 e. The lowest BCUT2D eigenvalue weighted by molar-refractivity contribution is -0.0259. The molecule has 1 aliphatic heterocycles. The van der Waals surface area contributed by atoms with Gasteiger partial charge in [0.05, 0.1) is 18.8 Å². The van der Waals surface area contributed by atoms with Crippen LogP contribution in [0.1, 0.15) is 31.7 Å². The molecule has 1 N–H and O–H groups in total. The molecule has 6 heteroatoms. The Labute approximate surface area is 113 Å². The standard InChI is InChI=1S/C12H22N4OS/c1-8(2)11-14-15-12(18-11)13-9(3)10-7-16(4)5-6-17-10/h8-10H,5-7H2,1-4H3,(H,13,15). The third-order valence-electron chi connectivity index (χ3n) is 3.14. The third kappa shape index (κ3) is 3.40. The number of aromatic nitrogens is 2. The molecule has 0 saturated carbocycles. The Balaban J connectivity index is 1.91. The minimum atomic E-state index is 0.218. The number of ether oxygens (including phenoxy) is 1. The van der Waals surface area contributed by atoms with Crippen molar-refractivity contribution in [3.8, 4) is 0 Å². The van der Waals surface area contributed by atoms with Gasteiger partial charge in [0.25, 0.3) is 0 Å². The Morgan fingerprint density at radius 2 is 2.17 bits per heavy atom. The van der Waals surface area contributed by atoms with E-state index in [1.54, 1.807) is 11.3 Å². The predicted octanol–water partition coefficient (Wildman–Crippen LogP) is 1.79. The van der Waals surface area contributed by atoms with E-state index in [0.29, 0.717) is 5.92 Å². The van der Waals surface area contributed by atoms with Crippen molar-refractivity contribution >= 4 is 16.5 Å². The Kier molecular flexibility index (Phi) is 4.53. The lowest BCUT2D eigenvalue weighted by atomic mass is 10.1. The van der Waals surface area contributed by atoms with Gasteiger partial charge < -0.3 is 15.0 Å². The van der Waals surface area contributed by atoms with E-state index in [9.17, 15) is 0 Å². The highest BCUT2D eigenvalue weighted by Gasteiger charge is 2.24. The normalized spacial score (nSPS) is 23.3. The monoisotopic (exact) mass is 270 g/mol. The number of hydrogen-bond donors (Lipinski definition) is 1. The maximum atomic E-state index is 5.79. The van der Waals surface area contributed by atoms with Gasteiger partial charge in [0.15, 0.2) is 0 Å². The van der Waals surface area contributed by atoms with E-state index in [4.69, 9.17) is 4.74 Å². The van der Waals surface area contributed by atoms with Gasteiger partial charge in [-0.15, -0.1) is 10.2 Å². The number of hydrogen-bond acceptors (Lipinski definition) is 6. The highest BCUT2D eigenvalue weighted by molar-refractivity contribution is 7.15. The molecule has 0 spiro atoms. The number of rotatable bonds is 4. The van der Waals surface area contributed by atoms with Gasteiger partial charge in [0, 0.05) is 19.0 Å². The number of nitrogens with zero attached hydrogens (tertiary/aromatic N) is 3. The zero-order valence-electron chi connectivity index (χ0n) is 11.5. The quantitative estimate of drug-likeness (QED) is 0.904. The van der Waals surface area contributed by atoms with E-state index in [-0.39, 0.29) is 12.1 Å². The lowest BCUT2D eigenvalue weighted by Crippen LogP contribution is -2.47. The molecule has 0 amide bonds. The van der Waals surface area contributed by atoms with Crippen molar-refractivity contribution in [1.29, 1.82) is 0 Å². The SMILES string of the molecule is CC(C)c1nnc(NC(C)C2CN(C)CCO2)s1. The van der Waals surface area contributed by atoms with Crippen LogP contribution in [-0.2, 0) is 4.74 Å². The van der Waals surface area contributed by atoms with Crippen molar-refractivity contribution in [3.63, 3.8) is 0 Å². The van der Waals surface area contributed by atoms with Crippen LogP contribution < -0.4 is 5.32 Å². The van der Waals surface area contributed by atoms with Crippen molar-refractivity contribution in [2.75, 3.05) is 32.1 Å². The Morgan fingerprint density at radius 1 is 1.39 bits per heavy atom. The van der Waals surface area contributed by atoms with E-state index in [1.165, 1.54) is 0 Å². The average Bonchev–Trinajstić information content (AvgIpc) is 2.77. The highest BCUT2D eigenvalue weighted by Crippen LogP contribution is 2.23. The van der Waals surface area contributed by atoms with Crippen LogP contribution in [0.5, 0.6) is 0 Å². The summed E-state index contributed by atoms with van der Waals surface area (Å²) in [5, 5.41) is 13.7. The molecule has 2 heterocycles. The minimum Gasteiger partial charge on any atom is -0.373 e. The summed E-state index contributed by atoms with van der Waals surface area (Å²) >= 11 is 1.63. The fourth-order valence-corrected chi connectivity index (χ4v) is 2.77. The fourth-order valence-electron chi connectivity index (χ4n) is 1.93. The maximum Gasteiger partial charge on any atom is 0.205 e.